The van der Waals surface area contributed by atoms with Gasteiger partial charge in [0.25, 0.3) is 5.69 Å². The van der Waals surface area contributed by atoms with Crippen molar-refractivity contribution in [1.29, 1.82) is 0 Å². The highest BCUT2D eigenvalue weighted by atomic mass is 32.2. The van der Waals surface area contributed by atoms with Gasteiger partial charge in [-0.2, -0.15) is 11.8 Å². The summed E-state index contributed by atoms with van der Waals surface area (Å²) in [5, 5.41) is 23.0. The first-order valence-electron chi connectivity index (χ1n) is 7.30. The van der Waals surface area contributed by atoms with Crippen LogP contribution < -0.4 is 5.32 Å². The number of rotatable bonds is 9. The van der Waals surface area contributed by atoms with E-state index in [1.165, 1.54) is 12.1 Å². The van der Waals surface area contributed by atoms with Crippen molar-refractivity contribution in [3.8, 4) is 11.3 Å². The molecule has 0 amide bonds. The molecule has 0 fully saturated rings. The van der Waals surface area contributed by atoms with Crippen LogP contribution in [0.1, 0.15) is 12.2 Å². The Morgan fingerprint density at radius 2 is 2.21 bits per heavy atom. The lowest BCUT2D eigenvalue weighted by atomic mass is 10.1. The predicted octanol–water partition coefficient (Wildman–Crippen LogP) is 3.15. The van der Waals surface area contributed by atoms with Gasteiger partial charge >= 0.3 is 5.97 Å². The Kier molecular flexibility index (Phi) is 6.39. The lowest BCUT2D eigenvalue weighted by Gasteiger charge is -2.12. The lowest BCUT2D eigenvalue weighted by molar-refractivity contribution is -0.384. The second-order valence-corrected chi connectivity index (χ2v) is 6.11. The third-order valence-corrected chi connectivity index (χ3v) is 4.08. The second kappa shape index (κ2) is 8.51. The molecule has 2 rings (SSSR count). The topological polar surface area (TPSA) is 106 Å². The highest BCUT2D eigenvalue weighted by molar-refractivity contribution is 7.98. The predicted molar refractivity (Wildman–Crippen MR) is 92.1 cm³/mol. The molecule has 0 saturated carbocycles. The Labute approximate surface area is 143 Å². The van der Waals surface area contributed by atoms with Gasteiger partial charge in [-0.15, -0.1) is 0 Å². The van der Waals surface area contributed by atoms with Crippen molar-refractivity contribution in [2.24, 2.45) is 0 Å². The molecular weight excluding hydrogens is 332 g/mol. The number of hydrogen-bond acceptors (Lipinski definition) is 6. The number of thioether (sulfide) groups is 1. The Morgan fingerprint density at radius 1 is 1.42 bits per heavy atom. The average Bonchev–Trinajstić information content (AvgIpc) is 3.03. The van der Waals surface area contributed by atoms with Gasteiger partial charge in [-0.05, 0) is 30.6 Å². The molecule has 128 valence electrons. The fourth-order valence-corrected chi connectivity index (χ4v) is 2.64. The molecule has 1 atom stereocenters. The van der Waals surface area contributed by atoms with Gasteiger partial charge in [-0.25, -0.2) is 0 Å². The molecule has 0 radical (unpaired) electrons. The number of furan rings is 1. The fraction of sp³-hybridized carbons (Fsp3) is 0.312. The van der Waals surface area contributed by atoms with Gasteiger partial charge in [0.2, 0.25) is 0 Å². The maximum atomic E-state index is 11.2. The van der Waals surface area contributed by atoms with E-state index in [0.29, 0.717) is 23.5 Å². The molecule has 8 heteroatoms. The first kappa shape index (κ1) is 18.0. The van der Waals surface area contributed by atoms with E-state index in [2.05, 4.69) is 5.32 Å². The SMILES string of the molecule is CSCC[C@H](NCc1ccc(-c2cccc([N+](=O)[O-])c2)o1)C(=O)O. The standard InChI is InChI=1S/C16H18N2O5S/c1-24-8-7-14(16(19)20)17-10-13-5-6-15(23-13)11-3-2-4-12(9-11)18(21)22/h2-6,9,14,17H,7-8,10H2,1H3,(H,19,20)/t14-/m0/s1. The molecule has 24 heavy (non-hydrogen) atoms. The van der Waals surface area contributed by atoms with Crippen LogP contribution in [0, 0.1) is 10.1 Å². The van der Waals surface area contributed by atoms with Crippen molar-refractivity contribution in [3.63, 3.8) is 0 Å². The van der Waals surface area contributed by atoms with Crippen LogP contribution in [0.5, 0.6) is 0 Å². The summed E-state index contributed by atoms with van der Waals surface area (Å²) < 4.78 is 5.66. The molecule has 0 aliphatic rings. The van der Waals surface area contributed by atoms with Gasteiger partial charge in [-0.1, -0.05) is 12.1 Å². The molecule has 1 heterocycles. The smallest absolute Gasteiger partial charge is 0.320 e. The van der Waals surface area contributed by atoms with E-state index in [9.17, 15) is 20.0 Å². The molecule has 0 aliphatic carbocycles. The van der Waals surface area contributed by atoms with E-state index in [4.69, 9.17) is 4.42 Å². The van der Waals surface area contributed by atoms with Crippen LogP contribution in [-0.2, 0) is 11.3 Å². The van der Waals surface area contributed by atoms with Crippen LogP contribution in [0.2, 0.25) is 0 Å². The summed E-state index contributed by atoms with van der Waals surface area (Å²) in [6.07, 6.45) is 2.45. The van der Waals surface area contributed by atoms with Crippen molar-refractivity contribution >= 4 is 23.4 Å². The highest BCUT2D eigenvalue weighted by Gasteiger charge is 2.17. The van der Waals surface area contributed by atoms with Gasteiger partial charge in [0, 0.05) is 17.7 Å². The third-order valence-electron chi connectivity index (χ3n) is 3.43. The van der Waals surface area contributed by atoms with Crippen molar-refractivity contribution in [2.45, 2.75) is 19.0 Å². The van der Waals surface area contributed by atoms with E-state index >= 15 is 0 Å². The maximum Gasteiger partial charge on any atom is 0.320 e. The zero-order chi connectivity index (χ0) is 17.5. The van der Waals surface area contributed by atoms with Crippen LogP contribution in [0.4, 0.5) is 5.69 Å². The zero-order valence-corrected chi connectivity index (χ0v) is 13.9. The van der Waals surface area contributed by atoms with E-state index in [1.807, 2.05) is 6.26 Å². The largest absolute Gasteiger partial charge is 0.480 e. The molecule has 2 aromatic rings. The molecule has 0 saturated heterocycles. The molecule has 1 aromatic carbocycles. The Morgan fingerprint density at radius 3 is 2.88 bits per heavy atom. The monoisotopic (exact) mass is 350 g/mol. The van der Waals surface area contributed by atoms with Crippen LogP contribution >= 0.6 is 11.8 Å². The summed E-state index contributed by atoms with van der Waals surface area (Å²) >= 11 is 1.59. The van der Waals surface area contributed by atoms with Crippen molar-refractivity contribution in [2.75, 3.05) is 12.0 Å². The van der Waals surface area contributed by atoms with Crippen LogP contribution in [0.3, 0.4) is 0 Å². The van der Waals surface area contributed by atoms with E-state index < -0.39 is 16.9 Å². The first-order chi connectivity index (χ1) is 11.5. The fourth-order valence-electron chi connectivity index (χ4n) is 2.17. The summed E-state index contributed by atoms with van der Waals surface area (Å²) in [4.78, 5) is 21.6. The molecule has 0 unspecified atom stereocenters. The van der Waals surface area contributed by atoms with Crippen LogP contribution in [0.15, 0.2) is 40.8 Å². The average molecular weight is 350 g/mol. The zero-order valence-electron chi connectivity index (χ0n) is 13.1. The van der Waals surface area contributed by atoms with Crippen molar-refractivity contribution in [3.05, 3.63) is 52.3 Å². The van der Waals surface area contributed by atoms with Crippen LogP contribution in [0.25, 0.3) is 11.3 Å². The van der Waals surface area contributed by atoms with Gasteiger partial charge in [0.15, 0.2) is 0 Å². The minimum Gasteiger partial charge on any atom is -0.480 e. The first-order valence-corrected chi connectivity index (χ1v) is 8.69. The van der Waals surface area contributed by atoms with Crippen molar-refractivity contribution < 1.29 is 19.2 Å². The van der Waals surface area contributed by atoms with Gasteiger partial charge in [0.1, 0.15) is 17.6 Å². The number of carboxylic acids is 1. The number of nitrogens with one attached hydrogen (secondary N) is 1. The maximum absolute atomic E-state index is 11.2. The second-order valence-electron chi connectivity index (χ2n) is 5.13. The quantitative estimate of drug-likeness (QED) is 0.528. The minimum absolute atomic E-state index is 0.00779. The molecule has 1 aromatic heterocycles. The Bertz CT molecular complexity index is 716. The number of hydrogen-bond donors (Lipinski definition) is 2. The number of carbonyl (C=O) groups is 1. The molecule has 0 aliphatic heterocycles. The number of aliphatic carboxylic acids is 1. The summed E-state index contributed by atoms with van der Waals surface area (Å²) in [5.74, 6) is 0.939. The molecular formula is C16H18N2O5S. The number of carboxylic acid groups (broad SMARTS) is 1. The Balaban J connectivity index is 2.04. The van der Waals surface area contributed by atoms with Crippen LogP contribution in [-0.4, -0.2) is 34.0 Å². The van der Waals surface area contributed by atoms with Gasteiger partial charge in [-0.3, -0.25) is 20.2 Å². The number of nitro benzene ring substituents is 1. The number of nitro groups is 1. The summed E-state index contributed by atoms with van der Waals surface area (Å²) in [6, 6.07) is 8.98. The Hall–Kier alpha value is -2.32. The number of nitrogens with zero attached hydrogens (tertiary/aromatic N) is 1. The molecule has 7 nitrogen and oxygen atoms in total. The number of benzene rings is 1. The third kappa shape index (κ3) is 4.84. The van der Waals surface area contributed by atoms with E-state index in [1.54, 1.807) is 36.0 Å². The van der Waals surface area contributed by atoms with Gasteiger partial charge in [0.05, 0.1) is 11.5 Å². The highest BCUT2D eigenvalue weighted by Crippen LogP contribution is 2.25. The molecule has 2 N–H and O–H groups in total. The normalized spacial score (nSPS) is 12.0. The van der Waals surface area contributed by atoms with E-state index in [-0.39, 0.29) is 12.2 Å². The van der Waals surface area contributed by atoms with Gasteiger partial charge < -0.3 is 9.52 Å². The summed E-state index contributed by atoms with van der Waals surface area (Å²) in [5.41, 5.74) is 0.596. The lowest BCUT2D eigenvalue weighted by Crippen LogP contribution is -2.36. The number of non-ortho nitro benzene ring substituents is 1. The molecule has 0 spiro atoms. The molecule has 0 bridgehead atoms. The van der Waals surface area contributed by atoms with E-state index in [0.717, 1.165) is 5.75 Å². The minimum atomic E-state index is -0.894. The summed E-state index contributed by atoms with van der Waals surface area (Å²) in [6.45, 7) is 0.278. The summed E-state index contributed by atoms with van der Waals surface area (Å²) in [7, 11) is 0. The van der Waals surface area contributed by atoms with Crippen molar-refractivity contribution in [1.82, 2.24) is 5.32 Å².